The van der Waals surface area contributed by atoms with Crippen molar-refractivity contribution in [1.82, 2.24) is 15.3 Å². The van der Waals surface area contributed by atoms with E-state index >= 15 is 0 Å². The van der Waals surface area contributed by atoms with Gasteiger partial charge in [0.2, 0.25) is 0 Å². The molecule has 4 rings (SSSR count). The number of aryl methyl sites for hydroxylation is 2. The molecule has 6 heteroatoms. The summed E-state index contributed by atoms with van der Waals surface area (Å²) in [6, 6.07) is 9.16. The van der Waals surface area contributed by atoms with Crippen molar-refractivity contribution in [2.45, 2.75) is 32.4 Å². The third kappa shape index (κ3) is 2.73. The second kappa shape index (κ2) is 5.87. The van der Waals surface area contributed by atoms with E-state index in [1.165, 1.54) is 12.6 Å². The topological polar surface area (TPSA) is 76.9 Å². The molecule has 2 atom stereocenters. The first-order valence-electron chi connectivity index (χ1n) is 8.36. The summed E-state index contributed by atoms with van der Waals surface area (Å²) < 4.78 is 0. The fourth-order valence-electron chi connectivity index (χ4n) is 3.66. The Balaban J connectivity index is 1.63. The Labute approximate surface area is 141 Å². The number of hydrogen-bond donors (Lipinski definition) is 3. The summed E-state index contributed by atoms with van der Waals surface area (Å²) in [7, 11) is 0. The van der Waals surface area contributed by atoms with E-state index in [2.05, 4.69) is 25.5 Å². The number of fused-ring (bicyclic) bond motifs is 2. The van der Waals surface area contributed by atoms with E-state index in [1.54, 1.807) is 0 Å². The van der Waals surface area contributed by atoms with Gasteiger partial charge >= 0.3 is 0 Å². The normalized spacial score (nSPS) is 22.0. The molecule has 2 bridgehead atoms. The second-order valence-electron chi connectivity index (χ2n) is 6.67. The number of aromatic nitrogens is 2. The van der Waals surface area contributed by atoms with Gasteiger partial charge in [-0.1, -0.05) is 11.6 Å². The van der Waals surface area contributed by atoms with Crippen molar-refractivity contribution < 1.29 is 0 Å². The maximum atomic E-state index is 7.61. The molecule has 2 aliphatic rings. The first kappa shape index (κ1) is 15.1. The lowest BCUT2D eigenvalue weighted by Gasteiger charge is -2.28. The second-order valence-corrected chi connectivity index (χ2v) is 6.67. The quantitative estimate of drug-likeness (QED) is 0.754. The van der Waals surface area contributed by atoms with Crippen LogP contribution in [-0.2, 0) is 0 Å². The molecule has 2 aliphatic heterocycles. The van der Waals surface area contributed by atoms with Crippen molar-refractivity contribution in [3.63, 3.8) is 0 Å². The summed E-state index contributed by atoms with van der Waals surface area (Å²) in [6.07, 6.45) is 2.57. The van der Waals surface area contributed by atoms with Crippen LogP contribution in [0.2, 0.25) is 0 Å². The van der Waals surface area contributed by atoms with Crippen LogP contribution in [0.4, 0.5) is 17.3 Å². The first-order valence-corrected chi connectivity index (χ1v) is 8.36. The summed E-state index contributed by atoms with van der Waals surface area (Å²) in [5.41, 5.74) is 2.89. The van der Waals surface area contributed by atoms with E-state index in [9.17, 15) is 0 Å². The molecule has 3 heterocycles. The Morgan fingerprint density at radius 3 is 2.88 bits per heavy atom. The molecule has 2 fully saturated rings. The number of rotatable bonds is 4. The van der Waals surface area contributed by atoms with E-state index in [0.29, 0.717) is 12.1 Å². The van der Waals surface area contributed by atoms with Crippen molar-refractivity contribution in [1.29, 1.82) is 5.41 Å². The monoisotopic (exact) mass is 322 g/mol. The van der Waals surface area contributed by atoms with Crippen molar-refractivity contribution in [2.24, 2.45) is 0 Å². The average Bonchev–Trinajstić information content (AvgIpc) is 3.19. The fraction of sp³-hybridized carbons (Fsp3) is 0.389. The Kier molecular flexibility index (Phi) is 3.69. The Bertz CT molecular complexity index is 787. The van der Waals surface area contributed by atoms with Crippen LogP contribution in [0.1, 0.15) is 23.4 Å². The maximum absolute atomic E-state index is 7.61. The van der Waals surface area contributed by atoms with Gasteiger partial charge in [-0.15, -0.1) is 0 Å². The van der Waals surface area contributed by atoms with Gasteiger partial charge in [0.1, 0.15) is 17.5 Å². The number of benzene rings is 1. The summed E-state index contributed by atoms with van der Waals surface area (Å²) in [4.78, 5) is 11.5. The van der Waals surface area contributed by atoms with Gasteiger partial charge < -0.3 is 20.9 Å². The zero-order valence-corrected chi connectivity index (χ0v) is 14.0. The smallest absolute Gasteiger partial charge is 0.136 e. The van der Waals surface area contributed by atoms with Gasteiger partial charge in [-0.3, -0.25) is 0 Å². The molecular weight excluding hydrogens is 300 g/mol. The number of nitrogens with zero attached hydrogens (tertiary/aromatic N) is 3. The molecular formula is C18H22N6. The van der Waals surface area contributed by atoms with Gasteiger partial charge in [-0.2, -0.15) is 0 Å². The summed E-state index contributed by atoms with van der Waals surface area (Å²) in [6.45, 7) is 6.00. The third-order valence-corrected chi connectivity index (χ3v) is 4.80. The van der Waals surface area contributed by atoms with Gasteiger partial charge in [-0.25, -0.2) is 9.97 Å². The van der Waals surface area contributed by atoms with Crippen molar-refractivity contribution in [3.05, 3.63) is 41.2 Å². The minimum absolute atomic E-state index is 0.536. The molecule has 2 aromatic rings. The van der Waals surface area contributed by atoms with Crippen molar-refractivity contribution in [2.75, 3.05) is 23.3 Å². The van der Waals surface area contributed by atoms with Crippen LogP contribution in [-0.4, -0.2) is 41.4 Å². The Morgan fingerprint density at radius 2 is 2.17 bits per heavy atom. The Hall–Kier alpha value is -2.47. The van der Waals surface area contributed by atoms with Crippen LogP contribution in [0.15, 0.2) is 24.3 Å². The maximum Gasteiger partial charge on any atom is 0.136 e. The zero-order valence-electron chi connectivity index (χ0n) is 14.0. The van der Waals surface area contributed by atoms with E-state index < -0.39 is 0 Å². The largest absolute Gasteiger partial charge is 0.351 e. The molecule has 1 aromatic heterocycles. The number of nitrogens with one attached hydrogen (secondary N) is 3. The molecule has 0 radical (unpaired) electrons. The van der Waals surface area contributed by atoms with Gasteiger partial charge in [0.15, 0.2) is 0 Å². The summed E-state index contributed by atoms with van der Waals surface area (Å²) in [5, 5.41) is 14.5. The Morgan fingerprint density at radius 1 is 1.29 bits per heavy atom. The van der Waals surface area contributed by atoms with Crippen LogP contribution in [0, 0.1) is 19.3 Å². The molecule has 6 nitrogen and oxygen atoms in total. The zero-order chi connectivity index (χ0) is 16.7. The molecule has 2 unspecified atom stereocenters. The highest BCUT2D eigenvalue weighted by atomic mass is 15.3. The lowest BCUT2D eigenvalue weighted by atomic mass is 10.1. The third-order valence-electron chi connectivity index (χ3n) is 4.80. The lowest BCUT2D eigenvalue weighted by Crippen LogP contribution is -2.44. The summed E-state index contributed by atoms with van der Waals surface area (Å²) >= 11 is 0. The van der Waals surface area contributed by atoms with Crippen LogP contribution in [0.5, 0.6) is 0 Å². The van der Waals surface area contributed by atoms with Crippen LogP contribution >= 0.6 is 0 Å². The molecule has 3 N–H and O–H groups in total. The molecule has 124 valence electrons. The summed E-state index contributed by atoms with van der Waals surface area (Å²) in [5.74, 6) is 2.52. The predicted octanol–water partition coefficient (Wildman–Crippen LogP) is 2.39. The highest BCUT2D eigenvalue weighted by molar-refractivity contribution is 5.87. The minimum Gasteiger partial charge on any atom is -0.351 e. The van der Waals surface area contributed by atoms with E-state index in [1.807, 2.05) is 38.1 Å². The van der Waals surface area contributed by atoms with Gasteiger partial charge in [-0.05, 0) is 32.4 Å². The predicted molar refractivity (Wildman–Crippen MR) is 96.7 cm³/mol. The molecule has 2 saturated heterocycles. The van der Waals surface area contributed by atoms with Gasteiger partial charge in [0.05, 0.1) is 0 Å². The molecule has 0 spiro atoms. The highest BCUT2D eigenvalue weighted by Crippen LogP contribution is 2.30. The van der Waals surface area contributed by atoms with Gasteiger partial charge in [0, 0.05) is 48.7 Å². The molecule has 0 aliphatic carbocycles. The first-order chi connectivity index (χ1) is 11.6. The standard InChI is InChI=1S/C18H22N6/c1-11-3-4-16(13(5-11)8-19)23-17-7-18(22-12(2)21-17)24-10-14-6-15(24)9-20-14/h3-5,7-8,14-15,19-20H,6,9-10H2,1-2H3,(H,21,22,23). The van der Waals surface area contributed by atoms with Crippen LogP contribution < -0.4 is 15.5 Å². The van der Waals surface area contributed by atoms with E-state index in [0.717, 1.165) is 47.4 Å². The van der Waals surface area contributed by atoms with Crippen LogP contribution in [0.3, 0.4) is 0 Å². The SMILES string of the molecule is Cc1ccc(Nc2cc(N3CC4CC3CN4)nc(C)n2)c(C=N)c1. The fourth-order valence-corrected chi connectivity index (χ4v) is 3.66. The van der Waals surface area contributed by atoms with E-state index in [-0.39, 0.29) is 0 Å². The highest BCUT2D eigenvalue weighted by Gasteiger charge is 2.38. The average molecular weight is 322 g/mol. The molecule has 1 aromatic carbocycles. The molecule has 0 amide bonds. The van der Waals surface area contributed by atoms with E-state index in [4.69, 9.17) is 5.41 Å². The lowest BCUT2D eigenvalue weighted by molar-refractivity contribution is 0.575. The van der Waals surface area contributed by atoms with Crippen molar-refractivity contribution >= 4 is 23.5 Å². The molecule has 0 saturated carbocycles. The minimum atomic E-state index is 0.536. The number of anilines is 3. The van der Waals surface area contributed by atoms with Crippen molar-refractivity contribution in [3.8, 4) is 0 Å². The molecule has 24 heavy (non-hydrogen) atoms. The number of hydrogen-bond acceptors (Lipinski definition) is 6. The van der Waals surface area contributed by atoms with Gasteiger partial charge in [0.25, 0.3) is 0 Å². The number of piperazine rings is 1. The van der Waals surface area contributed by atoms with Crippen LogP contribution in [0.25, 0.3) is 0 Å².